The zero-order chi connectivity index (χ0) is 23.2. The molecular formula is C29H28O4. The van der Waals surface area contributed by atoms with Crippen molar-refractivity contribution < 1.29 is 19.7 Å². The third kappa shape index (κ3) is 5.66. The standard InChI is InChI=1S/C29H28O4/c1-20-13-24(28(30)26(15-20)32-18-22-9-5-3-6-10-22)17-25-14-21(2)16-27(29(25)31)33-19-23-11-7-4-8-12-23/h3-16,30-31H,17-19H2,1-2H3. The van der Waals surface area contributed by atoms with Gasteiger partial charge >= 0.3 is 0 Å². The molecule has 4 nitrogen and oxygen atoms in total. The summed E-state index contributed by atoms with van der Waals surface area (Å²) in [4.78, 5) is 0. The Kier molecular flexibility index (Phi) is 6.84. The Hall–Kier alpha value is -3.92. The van der Waals surface area contributed by atoms with Crippen LogP contribution in [0.1, 0.15) is 33.4 Å². The minimum Gasteiger partial charge on any atom is -0.504 e. The van der Waals surface area contributed by atoms with Gasteiger partial charge in [0.25, 0.3) is 0 Å². The highest BCUT2D eigenvalue weighted by atomic mass is 16.5. The number of aryl methyl sites for hydroxylation is 2. The van der Waals surface area contributed by atoms with Crippen molar-refractivity contribution >= 4 is 0 Å². The van der Waals surface area contributed by atoms with Gasteiger partial charge in [-0.05, 0) is 48.2 Å². The van der Waals surface area contributed by atoms with Crippen molar-refractivity contribution in [2.75, 3.05) is 0 Å². The van der Waals surface area contributed by atoms with Crippen molar-refractivity contribution in [1.29, 1.82) is 0 Å². The summed E-state index contributed by atoms with van der Waals surface area (Å²) in [5, 5.41) is 21.8. The van der Waals surface area contributed by atoms with E-state index in [0.717, 1.165) is 22.3 Å². The lowest BCUT2D eigenvalue weighted by Crippen LogP contribution is -2.00. The van der Waals surface area contributed by atoms with Crippen LogP contribution >= 0.6 is 0 Å². The average Bonchev–Trinajstić information content (AvgIpc) is 2.82. The van der Waals surface area contributed by atoms with Crippen molar-refractivity contribution in [3.8, 4) is 23.0 Å². The minimum absolute atomic E-state index is 0.0872. The van der Waals surface area contributed by atoms with Crippen LogP contribution in [0.2, 0.25) is 0 Å². The first-order valence-corrected chi connectivity index (χ1v) is 11.0. The number of ether oxygens (including phenoxy) is 2. The maximum Gasteiger partial charge on any atom is 0.161 e. The quantitative estimate of drug-likeness (QED) is 0.330. The molecule has 0 heterocycles. The summed E-state index contributed by atoms with van der Waals surface area (Å²) >= 11 is 0. The van der Waals surface area contributed by atoms with Gasteiger partial charge in [-0.15, -0.1) is 0 Å². The third-order valence-electron chi connectivity index (χ3n) is 5.45. The molecule has 0 radical (unpaired) electrons. The van der Waals surface area contributed by atoms with Crippen LogP contribution in [-0.4, -0.2) is 10.2 Å². The summed E-state index contributed by atoms with van der Waals surface area (Å²) in [5.41, 5.74) is 5.37. The molecule has 0 bridgehead atoms. The van der Waals surface area contributed by atoms with Crippen molar-refractivity contribution in [1.82, 2.24) is 0 Å². The summed E-state index contributed by atoms with van der Waals surface area (Å²) in [6, 6.07) is 27.1. The highest BCUT2D eigenvalue weighted by Gasteiger charge is 2.16. The normalized spacial score (nSPS) is 10.7. The van der Waals surface area contributed by atoms with Gasteiger partial charge in [-0.2, -0.15) is 0 Å². The van der Waals surface area contributed by atoms with E-state index in [1.54, 1.807) is 0 Å². The van der Waals surface area contributed by atoms with E-state index in [9.17, 15) is 10.2 Å². The van der Waals surface area contributed by atoms with Crippen molar-refractivity contribution in [2.45, 2.75) is 33.5 Å². The minimum atomic E-state index is 0.0872. The van der Waals surface area contributed by atoms with Crippen LogP contribution in [0.3, 0.4) is 0 Å². The Bertz CT molecular complexity index is 1120. The molecule has 0 aliphatic carbocycles. The van der Waals surface area contributed by atoms with E-state index in [4.69, 9.17) is 9.47 Å². The predicted molar refractivity (Wildman–Crippen MR) is 130 cm³/mol. The molecule has 0 fully saturated rings. The first-order valence-electron chi connectivity index (χ1n) is 11.0. The number of hydrogen-bond acceptors (Lipinski definition) is 4. The highest BCUT2D eigenvalue weighted by molar-refractivity contribution is 5.54. The van der Waals surface area contributed by atoms with E-state index in [0.29, 0.717) is 42.3 Å². The molecule has 0 amide bonds. The van der Waals surface area contributed by atoms with Crippen LogP contribution < -0.4 is 9.47 Å². The van der Waals surface area contributed by atoms with E-state index in [1.807, 2.05) is 98.8 Å². The molecule has 0 aliphatic heterocycles. The topological polar surface area (TPSA) is 58.9 Å². The van der Waals surface area contributed by atoms with Crippen molar-refractivity contribution in [3.05, 3.63) is 118 Å². The number of aromatic hydroxyl groups is 2. The lowest BCUT2D eigenvalue weighted by atomic mass is 9.99. The molecule has 4 aromatic rings. The summed E-state index contributed by atoms with van der Waals surface area (Å²) in [5.74, 6) is 1.04. The molecule has 2 N–H and O–H groups in total. The van der Waals surface area contributed by atoms with Gasteiger partial charge in [-0.25, -0.2) is 0 Å². The number of phenols is 2. The molecule has 168 valence electrons. The smallest absolute Gasteiger partial charge is 0.161 e. The Labute approximate surface area is 194 Å². The van der Waals surface area contributed by atoms with Gasteiger partial charge in [0, 0.05) is 17.5 Å². The van der Waals surface area contributed by atoms with Gasteiger partial charge in [0.2, 0.25) is 0 Å². The molecule has 4 rings (SSSR count). The number of rotatable bonds is 8. The van der Waals surface area contributed by atoms with Crippen LogP contribution in [0.5, 0.6) is 23.0 Å². The summed E-state index contributed by atoms with van der Waals surface area (Å²) < 4.78 is 11.8. The number of hydrogen-bond donors (Lipinski definition) is 2. The van der Waals surface area contributed by atoms with E-state index in [1.165, 1.54) is 0 Å². The van der Waals surface area contributed by atoms with Gasteiger partial charge in [0.15, 0.2) is 23.0 Å². The molecule has 4 aromatic carbocycles. The van der Waals surface area contributed by atoms with Crippen LogP contribution in [-0.2, 0) is 19.6 Å². The number of phenolic OH excluding ortho intramolecular Hbond substituents is 2. The van der Waals surface area contributed by atoms with E-state index in [-0.39, 0.29) is 11.5 Å². The third-order valence-corrected chi connectivity index (χ3v) is 5.45. The van der Waals surface area contributed by atoms with Crippen LogP contribution in [0.4, 0.5) is 0 Å². The molecule has 4 heteroatoms. The summed E-state index contributed by atoms with van der Waals surface area (Å²) in [7, 11) is 0. The van der Waals surface area contributed by atoms with Gasteiger partial charge in [-0.1, -0.05) is 72.8 Å². The van der Waals surface area contributed by atoms with Gasteiger partial charge < -0.3 is 19.7 Å². The zero-order valence-corrected chi connectivity index (χ0v) is 18.9. The fourth-order valence-corrected chi connectivity index (χ4v) is 3.80. The van der Waals surface area contributed by atoms with Crippen molar-refractivity contribution in [3.63, 3.8) is 0 Å². The molecule has 0 saturated carbocycles. The highest BCUT2D eigenvalue weighted by Crippen LogP contribution is 2.38. The second kappa shape index (κ2) is 10.1. The van der Waals surface area contributed by atoms with Gasteiger partial charge in [-0.3, -0.25) is 0 Å². The van der Waals surface area contributed by atoms with Crippen molar-refractivity contribution in [2.24, 2.45) is 0 Å². The monoisotopic (exact) mass is 440 g/mol. The largest absolute Gasteiger partial charge is 0.504 e. The second-order valence-electron chi connectivity index (χ2n) is 8.27. The van der Waals surface area contributed by atoms with Crippen LogP contribution in [0.25, 0.3) is 0 Å². The SMILES string of the molecule is Cc1cc(Cc2cc(C)cc(OCc3ccccc3)c2O)c(O)c(OCc2ccccc2)c1. The first-order chi connectivity index (χ1) is 16.0. The molecule has 33 heavy (non-hydrogen) atoms. The van der Waals surface area contributed by atoms with Gasteiger partial charge in [0.1, 0.15) is 13.2 Å². The average molecular weight is 441 g/mol. The Morgan fingerprint density at radius 3 is 1.36 bits per heavy atom. The lowest BCUT2D eigenvalue weighted by Gasteiger charge is -2.16. The first kappa shape index (κ1) is 22.3. The Morgan fingerprint density at radius 2 is 0.970 bits per heavy atom. The van der Waals surface area contributed by atoms with E-state index in [2.05, 4.69) is 0 Å². The second-order valence-corrected chi connectivity index (χ2v) is 8.27. The summed E-state index contributed by atoms with van der Waals surface area (Å²) in [6.07, 6.45) is 0.352. The fourth-order valence-electron chi connectivity index (χ4n) is 3.80. The molecule has 0 aromatic heterocycles. The molecule has 0 unspecified atom stereocenters. The molecule has 0 atom stereocenters. The lowest BCUT2D eigenvalue weighted by molar-refractivity contribution is 0.286. The molecule has 0 aliphatic rings. The van der Waals surface area contributed by atoms with Gasteiger partial charge in [0.05, 0.1) is 0 Å². The molecular weight excluding hydrogens is 412 g/mol. The maximum atomic E-state index is 10.9. The predicted octanol–water partition coefficient (Wildman–Crippen LogP) is 6.46. The molecule has 0 saturated heterocycles. The maximum absolute atomic E-state index is 10.9. The van der Waals surface area contributed by atoms with Crippen LogP contribution in [0, 0.1) is 13.8 Å². The summed E-state index contributed by atoms with van der Waals surface area (Å²) in [6.45, 7) is 4.65. The fraction of sp³-hybridized carbons (Fsp3) is 0.172. The van der Waals surface area contributed by atoms with Crippen LogP contribution in [0.15, 0.2) is 84.9 Å². The molecule has 0 spiro atoms. The Balaban J connectivity index is 1.55. The Morgan fingerprint density at radius 1 is 0.576 bits per heavy atom. The van der Waals surface area contributed by atoms with E-state index < -0.39 is 0 Å². The van der Waals surface area contributed by atoms with E-state index >= 15 is 0 Å². The zero-order valence-electron chi connectivity index (χ0n) is 18.9. The number of benzene rings is 4.